The van der Waals surface area contributed by atoms with E-state index in [1.807, 2.05) is 31.2 Å². The highest BCUT2D eigenvalue weighted by molar-refractivity contribution is 5.94. The summed E-state index contributed by atoms with van der Waals surface area (Å²) in [5, 5.41) is 3.07. The van der Waals surface area contributed by atoms with E-state index in [0.29, 0.717) is 18.1 Å². The van der Waals surface area contributed by atoms with E-state index in [9.17, 15) is 4.79 Å². The van der Waals surface area contributed by atoms with E-state index in [0.717, 1.165) is 24.9 Å². The fraction of sp³-hybridized carbons (Fsp3) is 0.588. The molecule has 114 valence electrons. The van der Waals surface area contributed by atoms with Gasteiger partial charge in [0, 0.05) is 24.7 Å². The number of hydrogen-bond donors (Lipinski definition) is 1. The van der Waals surface area contributed by atoms with Gasteiger partial charge in [-0.15, -0.1) is 0 Å². The van der Waals surface area contributed by atoms with Crippen molar-refractivity contribution in [3.05, 3.63) is 29.8 Å². The maximum Gasteiger partial charge on any atom is 0.251 e. The quantitative estimate of drug-likeness (QED) is 0.873. The molecule has 0 bridgehead atoms. The van der Waals surface area contributed by atoms with Crippen molar-refractivity contribution in [2.24, 2.45) is 5.92 Å². The van der Waals surface area contributed by atoms with E-state index in [2.05, 4.69) is 10.2 Å². The average Bonchev–Trinajstić information content (AvgIpc) is 3.25. The van der Waals surface area contributed by atoms with Crippen LogP contribution in [0.3, 0.4) is 0 Å². The Bertz CT molecular complexity index is 482. The van der Waals surface area contributed by atoms with Crippen molar-refractivity contribution in [3.8, 4) is 5.75 Å². The van der Waals surface area contributed by atoms with E-state index in [-0.39, 0.29) is 5.91 Å². The lowest BCUT2D eigenvalue weighted by molar-refractivity contribution is 0.0947. The summed E-state index contributed by atoms with van der Waals surface area (Å²) in [6.07, 6.45) is 3.94. The zero-order valence-corrected chi connectivity index (χ0v) is 12.7. The minimum absolute atomic E-state index is 0.0166. The number of rotatable bonds is 6. The molecule has 1 N–H and O–H groups in total. The molecule has 1 atom stereocenters. The van der Waals surface area contributed by atoms with E-state index in [1.54, 1.807) is 0 Å². The molecule has 0 radical (unpaired) electrons. The van der Waals surface area contributed by atoms with Crippen LogP contribution in [0.1, 0.15) is 36.5 Å². The third kappa shape index (κ3) is 3.76. The van der Waals surface area contributed by atoms with E-state index >= 15 is 0 Å². The molecular formula is C17H24N2O2. The first-order valence-electron chi connectivity index (χ1n) is 8.01. The molecule has 21 heavy (non-hydrogen) atoms. The summed E-state index contributed by atoms with van der Waals surface area (Å²) in [5.41, 5.74) is 0.704. The molecule has 3 rings (SSSR count). The number of carbonyl (C=O) groups is 1. The Morgan fingerprint density at radius 2 is 2.05 bits per heavy atom. The fourth-order valence-corrected chi connectivity index (χ4v) is 3.01. The van der Waals surface area contributed by atoms with Crippen LogP contribution in [-0.2, 0) is 0 Å². The van der Waals surface area contributed by atoms with Gasteiger partial charge in [-0.25, -0.2) is 0 Å². The second-order valence-electron chi connectivity index (χ2n) is 6.05. The molecule has 1 saturated heterocycles. The van der Waals surface area contributed by atoms with Crippen LogP contribution in [0.4, 0.5) is 0 Å². The van der Waals surface area contributed by atoms with Crippen molar-refractivity contribution < 1.29 is 9.53 Å². The van der Waals surface area contributed by atoms with Crippen molar-refractivity contribution in [1.29, 1.82) is 0 Å². The number of nitrogens with zero attached hydrogens (tertiary/aromatic N) is 1. The zero-order valence-electron chi connectivity index (χ0n) is 12.7. The molecule has 4 heteroatoms. The Morgan fingerprint density at radius 1 is 1.29 bits per heavy atom. The zero-order chi connectivity index (χ0) is 14.7. The lowest BCUT2D eigenvalue weighted by atomic mass is 10.1. The van der Waals surface area contributed by atoms with Gasteiger partial charge in [-0.1, -0.05) is 0 Å². The van der Waals surface area contributed by atoms with Gasteiger partial charge in [-0.2, -0.15) is 0 Å². The molecule has 2 aliphatic rings. The highest BCUT2D eigenvalue weighted by atomic mass is 16.5. The molecule has 2 fully saturated rings. The van der Waals surface area contributed by atoms with Crippen LogP contribution < -0.4 is 10.1 Å². The normalized spacial score (nSPS) is 22.2. The van der Waals surface area contributed by atoms with Crippen molar-refractivity contribution in [2.75, 3.05) is 26.2 Å². The number of nitrogens with one attached hydrogen (secondary N) is 1. The Labute approximate surface area is 126 Å². The van der Waals surface area contributed by atoms with Gasteiger partial charge < -0.3 is 15.0 Å². The molecule has 1 amide bonds. The minimum atomic E-state index is 0.0166. The predicted octanol–water partition coefficient (Wildman–Crippen LogP) is 2.30. The third-order valence-corrected chi connectivity index (χ3v) is 4.36. The standard InChI is InChI=1S/C17H24N2O2/c1-2-21-16-7-3-14(4-8-16)17(20)18-11-13-9-10-19(12-13)15-5-6-15/h3-4,7-8,13,15H,2,5-6,9-12H2,1H3,(H,18,20)/t13-/m0/s1. The van der Waals surface area contributed by atoms with Gasteiger partial charge in [0.05, 0.1) is 6.61 Å². The van der Waals surface area contributed by atoms with E-state index in [1.165, 1.54) is 25.8 Å². The molecule has 1 aromatic rings. The first-order valence-corrected chi connectivity index (χ1v) is 8.01. The maximum atomic E-state index is 12.1. The first kappa shape index (κ1) is 14.4. The van der Waals surface area contributed by atoms with Gasteiger partial charge in [-0.3, -0.25) is 4.79 Å². The molecule has 1 aliphatic heterocycles. The van der Waals surface area contributed by atoms with Gasteiger partial charge >= 0.3 is 0 Å². The Morgan fingerprint density at radius 3 is 2.71 bits per heavy atom. The highest BCUT2D eigenvalue weighted by Crippen LogP contribution is 2.31. The summed E-state index contributed by atoms with van der Waals surface area (Å²) >= 11 is 0. The lowest BCUT2D eigenvalue weighted by Crippen LogP contribution is -2.31. The van der Waals surface area contributed by atoms with E-state index in [4.69, 9.17) is 4.74 Å². The molecule has 1 saturated carbocycles. The van der Waals surface area contributed by atoms with E-state index < -0.39 is 0 Å². The van der Waals surface area contributed by atoms with Crippen molar-refractivity contribution in [2.45, 2.75) is 32.2 Å². The molecule has 4 nitrogen and oxygen atoms in total. The van der Waals surface area contributed by atoms with Gasteiger partial charge in [0.1, 0.15) is 5.75 Å². The highest BCUT2D eigenvalue weighted by Gasteiger charge is 2.34. The van der Waals surface area contributed by atoms with Crippen LogP contribution >= 0.6 is 0 Å². The number of carbonyl (C=O) groups excluding carboxylic acids is 1. The summed E-state index contributed by atoms with van der Waals surface area (Å²) in [7, 11) is 0. The summed E-state index contributed by atoms with van der Waals surface area (Å²) in [4.78, 5) is 14.7. The third-order valence-electron chi connectivity index (χ3n) is 4.36. The van der Waals surface area contributed by atoms with Crippen LogP contribution in [0.25, 0.3) is 0 Å². The maximum absolute atomic E-state index is 12.1. The smallest absolute Gasteiger partial charge is 0.251 e. The van der Waals surface area contributed by atoms with Gasteiger partial charge in [0.25, 0.3) is 5.91 Å². The van der Waals surface area contributed by atoms with Crippen LogP contribution in [-0.4, -0.2) is 43.1 Å². The first-order chi connectivity index (χ1) is 10.3. The Hall–Kier alpha value is -1.55. The molecule has 1 aromatic carbocycles. The SMILES string of the molecule is CCOc1ccc(C(=O)NC[C@@H]2CCN(C3CC3)C2)cc1. The molecule has 0 spiro atoms. The van der Waals surface area contributed by atoms with Crippen LogP contribution in [0, 0.1) is 5.92 Å². The van der Waals surface area contributed by atoms with Crippen molar-refractivity contribution in [1.82, 2.24) is 10.2 Å². The molecule has 1 aliphatic carbocycles. The van der Waals surface area contributed by atoms with Crippen molar-refractivity contribution >= 4 is 5.91 Å². The molecular weight excluding hydrogens is 264 g/mol. The molecule has 1 heterocycles. The molecule has 0 aromatic heterocycles. The Balaban J connectivity index is 1.45. The largest absolute Gasteiger partial charge is 0.494 e. The van der Waals surface area contributed by atoms with Gasteiger partial charge in [0.15, 0.2) is 0 Å². The van der Waals surface area contributed by atoms with Crippen molar-refractivity contribution in [3.63, 3.8) is 0 Å². The summed E-state index contributed by atoms with van der Waals surface area (Å²) in [6, 6.07) is 8.19. The van der Waals surface area contributed by atoms with Crippen LogP contribution in [0.5, 0.6) is 5.75 Å². The summed E-state index contributed by atoms with van der Waals surface area (Å²) in [6.45, 7) is 5.73. The summed E-state index contributed by atoms with van der Waals surface area (Å²) < 4.78 is 5.38. The second kappa shape index (κ2) is 6.48. The Kier molecular flexibility index (Phi) is 4.44. The molecule has 0 unspecified atom stereocenters. The number of hydrogen-bond acceptors (Lipinski definition) is 3. The number of likely N-dealkylation sites (tertiary alicyclic amines) is 1. The number of ether oxygens (including phenoxy) is 1. The summed E-state index contributed by atoms with van der Waals surface area (Å²) in [5.74, 6) is 1.44. The van der Waals surface area contributed by atoms with Gasteiger partial charge in [-0.05, 0) is 62.9 Å². The lowest BCUT2D eigenvalue weighted by Gasteiger charge is -2.15. The van der Waals surface area contributed by atoms with Gasteiger partial charge in [0.2, 0.25) is 0 Å². The second-order valence-corrected chi connectivity index (χ2v) is 6.05. The van der Waals surface area contributed by atoms with Crippen LogP contribution in [0.2, 0.25) is 0 Å². The predicted molar refractivity (Wildman–Crippen MR) is 82.6 cm³/mol. The topological polar surface area (TPSA) is 41.6 Å². The monoisotopic (exact) mass is 288 g/mol. The fourth-order valence-electron chi connectivity index (χ4n) is 3.01. The number of benzene rings is 1. The minimum Gasteiger partial charge on any atom is -0.494 e. The average molecular weight is 288 g/mol. The number of amides is 1. The van der Waals surface area contributed by atoms with Crippen LogP contribution in [0.15, 0.2) is 24.3 Å².